The molecule has 0 aromatic heterocycles. The van der Waals surface area contributed by atoms with Gasteiger partial charge in [-0.25, -0.2) is 0 Å². The largest absolute Gasteiger partial charge is 0.481 e. The van der Waals surface area contributed by atoms with E-state index in [1.807, 2.05) is 6.07 Å². The van der Waals surface area contributed by atoms with Crippen molar-refractivity contribution >= 4 is 5.97 Å². The maximum atomic E-state index is 11.4. The van der Waals surface area contributed by atoms with Crippen LogP contribution in [0.4, 0.5) is 0 Å². The van der Waals surface area contributed by atoms with Gasteiger partial charge in [-0.05, 0) is 36.7 Å². The molecule has 1 aliphatic carbocycles. The van der Waals surface area contributed by atoms with Crippen LogP contribution in [-0.2, 0) is 4.79 Å². The lowest BCUT2D eigenvalue weighted by Gasteiger charge is -2.47. The van der Waals surface area contributed by atoms with Crippen LogP contribution in [0.5, 0.6) is 0 Å². The molecule has 0 heterocycles. The van der Waals surface area contributed by atoms with Gasteiger partial charge in [0.25, 0.3) is 0 Å². The number of carboxylic acid groups (broad SMARTS) is 1. The fourth-order valence-corrected chi connectivity index (χ4v) is 3.63. The Labute approximate surface area is 127 Å². The molecule has 0 bridgehead atoms. The number of hydrogen-bond acceptors (Lipinski definition) is 2. The molecule has 21 heavy (non-hydrogen) atoms. The van der Waals surface area contributed by atoms with Gasteiger partial charge < -0.3 is 10.4 Å². The highest BCUT2D eigenvalue weighted by molar-refractivity contribution is 5.71. The molecule has 1 aromatic rings. The van der Waals surface area contributed by atoms with Gasteiger partial charge in [-0.3, -0.25) is 4.79 Å². The number of carbonyl (C=O) groups is 1. The van der Waals surface area contributed by atoms with Gasteiger partial charge in [0.15, 0.2) is 0 Å². The van der Waals surface area contributed by atoms with E-state index in [9.17, 15) is 9.90 Å². The number of hydrogen-bond donors (Lipinski definition) is 2. The van der Waals surface area contributed by atoms with Crippen LogP contribution < -0.4 is 5.32 Å². The van der Waals surface area contributed by atoms with E-state index in [2.05, 4.69) is 57.3 Å². The molecule has 1 aromatic carbocycles. The molecule has 116 valence electrons. The highest BCUT2D eigenvalue weighted by atomic mass is 16.4. The number of benzene rings is 1. The first-order valence-corrected chi connectivity index (χ1v) is 7.87. The first kappa shape index (κ1) is 16.0. The lowest BCUT2D eigenvalue weighted by atomic mass is 9.61. The van der Waals surface area contributed by atoms with Crippen molar-refractivity contribution in [2.75, 3.05) is 0 Å². The fourth-order valence-electron chi connectivity index (χ4n) is 3.63. The second-order valence-electron chi connectivity index (χ2n) is 6.98. The number of nitrogens with one attached hydrogen (secondary N) is 1. The van der Waals surface area contributed by atoms with Crippen molar-refractivity contribution in [2.24, 2.45) is 17.3 Å². The normalized spacial score (nSPS) is 29.8. The molecule has 4 unspecified atom stereocenters. The van der Waals surface area contributed by atoms with Crippen molar-refractivity contribution in [2.45, 2.75) is 52.6 Å². The van der Waals surface area contributed by atoms with Gasteiger partial charge in [0, 0.05) is 12.1 Å². The maximum Gasteiger partial charge on any atom is 0.307 e. The molecule has 0 amide bonds. The Morgan fingerprint density at radius 1 is 1.29 bits per heavy atom. The molecule has 3 heteroatoms. The first-order valence-electron chi connectivity index (χ1n) is 7.87. The average molecular weight is 289 g/mol. The molecular formula is C18H27NO2. The summed E-state index contributed by atoms with van der Waals surface area (Å²) in [6.07, 6.45) is 1.69. The van der Waals surface area contributed by atoms with Crippen LogP contribution in [0.1, 0.15) is 52.1 Å². The zero-order chi connectivity index (χ0) is 15.6. The van der Waals surface area contributed by atoms with Crippen LogP contribution in [0.15, 0.2) is 30.3 Å². The van der Waals surface area contributed by atoms with E-state index in [-0.39, 0.29) is 17.4 Å². The summed E-state index contributed by atoms with van der Waals surface area (Å²) in [6, 6.07) is 11.1. The molecule has 0 aliphatic heterocycles. The Bertz CT molecular complexity index is 483. The van der Waals surface area contributed by atoms with Gasteiger partial charge in [-0.15, -0.1) is 0 Å². The Balaban J connectivity index is 2.07. The third-order valence-corrected chi connectivity index (χ3v) is 5.50. The average Bonchev–Trinajstić information content (AvgIpc) is 2.44. The quantitative estimate of drug-likeness (QED) is 0.885. The Morgan fingerprint density at radius 3 is 2.48 bits per heavy atom. The third kappa shape index (κ3) is 3.29. The van der Waals surface area contributed by atoms with Gasteiger partial charge in [0.1, 0.15) is 0 Å². The van der Waals surface area contributed by atoms with Crippen LogP contribution in [-0.4, -0.2) is 17.1 Å². The standard InChI is InChI=1S/C18H27NO2/c1-12-16(11-10-15(17(20)21)18(12,3)4)19-13(2)14-8-6-5-7-9-14/h5-9,12-13,15-16,19H,10-11H2,1-4H3,(H,20,21). The van der Waals surface area contributed by atoms with E-state index < -0.39 is 5.97 Å². The summed E-state index contributed by atoms with van der Waals surface area (Å²) in [4.78, 5) is 11.4. The molecule has 1 fully saturated rings. The summed E-state index contributed by atoms with van der Waals surface area (Å²) < 4.78 is 0. The van der Waals surface area contributed by atoms with E-state index >= 15 is 0 Å². The van der Waals surface area contributed by atoms with Crippen LogP contribution in [0.2, 0.25) is 0 Å². The van der Waals surface area contributed by atoms with E-state index in [0.29, 0.717) is 12.0 Å². The molecule has 3 nitrogen and oxygen atoms in total. The molecule has 1 aliphatic rings. The van der Waals surface area contributed by atoms with Crippen molar-refractivity contribution in [1.29, 1.82) is 0 Å². The number of aliphatic carboxylic acids is 1. The third-order valence-electron chi connectivity index (χ3n) is 5.50. The van der Waals surface area contributed by atoms with Crippen molar-refractivity contribution in [1.82, 2.24) is 5.32 Å². The maximum absolute atomic E-state index is 11.4. The molecular weight excluding hydrogens is 262 g/mol. The minimum Gasteiger partial charge on any atom is -0.481 e. The summed E-state index contributed by atoms with van der Waals surface area (Å²) in [5.74, 6) is -0.558. The smallest absolute Gasteiger partial charge is 0.307 e. The summed E-state index contributed by atoms with van der Waals surface area (Å²) in [5, 5.41) is 13.1. The van der Waals surface area contributed by atoms with Gasteiger partial charge >= 0.3 is 5.97 Å². The summed E-state index contributed by atoms with van der Waals surface area (Å²) in [6.45, 7) is 8.55. The minimum atomic E-state index is -0.651. The SMILES string of the molecule is CC(NC1CCC(C(=O)O)C(C)(C)C1C)c1ccccc1. The Morgan fingerprint density at radius 2 is 1.90 bits per heavy atom. The summed E-state index contributed by atoms with van der Waals surface area (Å²) >= 11 is 0. The van der Waals surface area contributed by atoms with Gasteiger partial charge in [-0.1, -0.05) is 51.1 Å². The zero-order valence-electron chi connectivity index (χ0n) is 13.5. The summed E-state index contributed by atoms with van der Waals surface area (Å²) in [7, 11) is 0. The second-order valence-corrected chi connectivity index (χ2v) is 6.98. The van der Waals surface area contributed by atoms with Crippen molar-refractivity contribution in [3.8, 4) is 0 Å². The first-order chi connectivity index (χ1) is 9.84. The lowest BCUT2D eigenvalue weighted by molar-refractivity contribution is -0.150. The van der Waals surface area contributed by atoms with E-state index in [4.69, 9.17) is 0 Å². The van der Waals surface area contributed by atoms with Crippen molar-refractivity contribution < 1.29 is 9.90 Å². The molecule has 1 saturated carbocycles. The van der Waals surface area contributed by atoms with Crippen molar-refractivity contribution in [3.05, 3.63) is 35.9 Å². The Kier molecular flexibility index (Phi) is 4.72. The zero-order valence-corrected chi connectivity index (χ0v) is 13.5. The van der Waals surface area contributed by atoms with E-state index in [1.54, 1.807) is 0 Å². The highest BCUT2D eigenvalue weighted by Crippen LogP contribution is 2.45. The van der Waals surface area contributed by atoms with Crippen LogP contribution in [0, 0.1) is 17.3 Å². The fraction of sp³-hybridized carbons (Fsp3) is 0.611. The van der Waals surface area contributed by atoms with Gasteiger partial charge in [0.05, 0.1) is 5.92 Å². The molecule has 0 spiro atoms. The van der Waals surface area contributed by atoms with Gasteiger partial charge in [-0.2, -0.15) is 0 Å². The van der Waals surface area contributed by atoms with E-state index in [1.165, 1.54) is 5.56 Å². The topological polar surface area (TPSA) is 49.3 Å². The predicted octanol–water partition coefficient (Wildman–Crippen LogP) is 3.86. The summed E-state index contributed by atoms with van der Waals surface area (Å²) in [5.41, 5.74) is 1.10. The lowest BCUT2D eigenvalue weighted by Crippen LogP contribution is -2.51. The molecule has 4 atom stereocenters. The van der Waals surface area contributed by atoms with Crippen LogP contribution in [0.3, 0.4) is 0 Å². The minimum absolute atomic E-state index is 0.182. The predicted molar refractivity (Wildman–Crippen MR) is 85.1 cm³/mol. The molecule has 2 N–H and O–H groups in total. The van der Waals surface area contributed by atoms with Crippen molar-refractivity contribution in [3.63, 3.8) is 0 Å². The second kappa shape index (κ2) is 6.18. The molecule has 0 radical (unpaired) electrons. The van der Waals surface area contributed by atoms with E-state index in [0.717, 1.165) is 12.8 Å². The van der Waals surface area contributed by atoms with Gasteiger partial charge in [0.2, 0.25) is 0 Å². The van der Waals surface area contributed by atoms with Crippen LogP contribution in [0.25, 0.3) is 0 Å². The molecule has 2 rings (SSSR count). The Hall–Kier alpha value is -1.35. The monoisotopic (exact) mass is 289 g/mol. The number of carboxylic acids is 1. The number of rotatable bonds is 4. The molecule has 0 saturated heterocycles. The highest BCUT2D eigenvalue weighted by Gasteiger charge is 2.46. The van der Waals surface area contributed by atoms with Crippen LogP contribution >= 0.6 is 0 Å².